The second-order valence-corrected chi connectivity index (χ2v) is 10.8. The summed E-state index contributed by atoms with van der Waals surface area (Å²) in [4.78, 5) is 3.94. The highest BCUT2D eigenvalue weighted by molar-refractivity contribution is 6.59. The molecule has 2 aliphatic heterocycles. The van der Waals surface area contributed by atoms with E-state index in [-0.39, 0.29) is 0 Å². The highest BCUT2D eigenvalue weighted by Crippen LogP contribution is 2.43. The molecule has 2 heterocycles. The Morgan fingerprint density at radius 1 is 0.559 bits per heavy atom. The van der Waals surface area contributed by atoms with Crippen LogP contribution >= 0.6 is 0 Å². The quantitative estimate of drug-likeness (QED) is 0.434. The first kappa shape index (κ1) is 24.9. The van der Waals surface area contributed by atoms with Gasteiger partial charge in [-0.1, -0.05) is 18.2 Å². The van der Waals surface area contributed by atoms with E-state index in [9.17, 15) is 0 Å². The van der Waals surface area contributed by atoms with Crippen LogP contribution in [-0.4, -0.2) is 44.0 Å². The molecule has 2 aromatic rings. The van der Waals surface area contributed by atoms with Gasteiger partial charge in [-0.2, -0.15) is 0 Å². The van der Waals surface area contributed by atoms with Crippen molar-refractivity contribution in [3.05, 3.63) is 54.6 Å². The van der Waals surface area contributed by atoms with E-state index >= 15 is 0 Å². The summed E-state index contributed by atoms with van der Waals surface area (Å²) >= 11 is 0. The molecule has 0 aliphatic carbocycles. The van der Waals surface area contributed by atoms with Crippen molar-refractivity contribution in [3.8, 4) is 5.75 Å². The van der Waals surface area contributed by atoms with Gasteiger partial charge in [-0.25, -0.2) is 0 Å². The molecule has 2 saturated heterocycles. The standard InChI is InChI=1S/C25H36B2N2O5/c1-22(2)23(3,4)32-26(31-22)28(19-13-11-10-12-14-19)29(20-15-17-21(30-9)18-16-20)27-33-24(5,6)25(7,8)34-27/h10-18H,1-9H3. The van der Waals surface area contributed by atoms with Gasteiger partial charge in [0.2, 0.25) is 0 Å². The Labute approximate surface area is 204 Å². The first-order valence-corrected chi connectivity index (χ1v) is 11.8. The molecule has 9 heteroatoms. The minimum absolute atomic E-state index is 0.522. The van der Waals surface area contributed by atoms with E-state index in [0.29, 0.717) is 0 Å². The average molecular weight is 466 g/mol. The predicted octanol–water partition coefficient (Wildman–Crippen LogP) is 5.10. The normalized spacial score (nSPS) is 22.0. The first-order valence-electron chi connectivity index (χ1n) is 11.8. The fraction of sp³-hybridized carbons (Fsp3) is 0.520. The maximum absolute atomic E-state index is 6.52. The zero-order chi connectivity index (χ0) is 24.9. The minimum Gasteiger partial charge on any atom is -0.497 e. The van der Waals surface area contributed by atoms with E-state index < -0.39 is 36.9 Å². The monoisotopic (exact) mass is 466 g/mol. The third kappa shape index (κ3) is 4.31. The summed E-state index contributed by atoms with van der Waals surface area (Å²) in [6, 6.07) is 17.8. The van der Waals surface area contributed by atoms with Crippen molar-refractivity contribution in [2.75, 3.05) is 16.9 Å². The summed E-state index contributed by atoms with van der Waals surface area (Å²) in [5.74, 6) is 0.763. The summed E-state index contributed by atoms with van der Waals surface area (Å²) in [6.07, 6.45) is 0. The van der Waals surface area contributed by atoms with Crippen LogP contribution in [0.25, 0.3) is 0 Å². The lowest BCUT2D eigenvalue weighted by Crippen LogP contribution is -2.61. The summed E-state index contributed by atoms with van der Waals surface area (Å²) in [5, 5.41) is 0. The van der Waals surface area contributed by atoms with Crippen molar-refractivity contribution in [1.29, 1.82) is 0 Å². The Bertz CT molecular complexity index is 966. The van der Waals surface area contributed by atoms with Crippen molar-refractivity contribution in [3.63, 3.8) is 0 Å². The number of para-hydroxylation sites is 1. The van der Waals surface area contributed by atoms with Gasteiger partial charge in [-0.3, -0.25) is 9.84 Å². The van der Waals surface area contributed by atoms with Crippen LogP contribution in [0.5, 0.6) is 5.75 Å². The van der Waals surface area contributed by atoms with E-state index in [1.807, 2.05) is 120 Å². The molecule has 0 aromatic heterocycles. The Kier molecular flexibility index (Phi) is 6.22. The molecule has 7 nitrogen and oxygen atoms in total. The first-order chi connectivity index (χ1) is 15.8. The number of rotatable bonds is 6. The second-order valence-electron chi connectivity index (χ2n) is 10.8. The lowest BCUT2D eigenvalue weighted by molar-refractivity contribution is 0.00578. The van der Waals surface area contributed by atoms with Crippen LogP contribution in [0.1, 0.15) is 55.4 Å². The van der Waals surface area contributed by atoms with Crippen molar-refractivity contribution < 1.29 is 23.4 Å². The van der Waals surface area contributed by atoms with Crippen LogP contribution in [0.4, 0.5) is 11.4 Å². The number of nitrogens with zero attached hydrogens (tertiary/aromatic N) is 2. The third-order valence-electron chi connectivity index (χ3n) is 7.47. The summed E-state index contributed by atoms with van der Waals surface area (Å²) in [5.41, 5.74) is -0.371. The number of hydrazine groups is 1. The van der Waals surface area contributed by atoms with Crippen LogP contribution in [0.15, 0.2) is 54.6 Å². The third-order valence-corrected chi connectivity index (χ3v) is 7.47. The Balaban J connectivity index is 1.85. The molecular weight excluding hydrogens is 430 g/mol. The van der Waals surface area contributed by atoms with E-state index in [1.165, 1.54) is 0 Å². The Morgan fingerprint density at radius 3 is 1.26 bits per heavy atom. The molecule has 0 unspecified atom stereocenters. The molecular formula is C25H36B2N2O5. The molecule has 2 aromatic carbocycles. The number of hydrogen-bond acceptors (Lipinski definition) is 7. The van der Waals surface area contributed by atoms with Crippen LogP contribution in [-0.2, 0) is 18.6 Å². The van der Waals surface area contributed by atoms with Gasteiger partial charge in [0.1, 0.15) is 5.75 Å². The van der Waals surface area contributed by atoms with E-state index in [2.05, 4.69) is 0 Å². The zero-order valence-electron chi connectivity index (χ0n) is 21.8. The van der Waals surface area contributed by atoms with Crippen LogP contribution in [0, 0.1) is 0 Å². The molecule has 2 aliphatic rings. The number of ether oxygens (including phenoxy) is 1. The van der Waals surface area contributed by atoms with Crippen LogP contribution in [0.2, 0.25) is 0 Å². The highest BCUT2D eigenvalue weighted by Gasteiger charge is 2.60. The van der Waals surface area contributed by atoms with Gasteiger partial charge in [0.25, 0.3) is 0 Å². The summed E-state index contributed by atoms with van der Waals surface area (Å²) < 4.78 is 31.5. The van der Waals surface area contributed by atoms with Gasteiger partial charge in [0, 0.05) is 11.4 Å². The van der Waals surface area contributed by atoms with Gasteiger partial charge >= 0.3 is 14.5 Å². The van der Waals surface area contributed by atoms with Gasteiger partial charge in [-0.15, -0.1) is 0 Å². The Morgan fingerprint density at radius 2 is 0.912 bits per heavy atom. The number of benzene rings is 2. The SMILES string of the molecule is COc1ccc(N(B2OC(C)(C)C(C)(C)O2)N(B2OC(C)(C)C(C)(C)O2)c2ccccc2)cc1. The minimum atomic E-state index is -0.724. The Hall–Kier alpha value is -2.19. The van der Waals surface area contributed by atoms with Gasteiger partial charge in [-0.05, 0) is 91.8 Å². The second kappa shape index (κ2) is 8.48. The fourth-order valence-electron chi connectivity index (χ4n) is 3.83. The van der Waals surface area contributed by atoms with Crippen LogP contribution in [0.3, 0.4) is 0 Å². The molecule has 34 heavy (non-hydrogen) atoms. The maximum Gasteiger partial charge on any atom is 0.613 e. The molecule has 182 valence electrons. The molecule has 0 N–H and O–H groups in total. The van der Waals surface area contributed by atoms with Crippen molar-refractivity contribution in [2.24, 2.45) is 0 Å². The summed E-state index contributed by atoms with van der Waals surface area (Å²) in [7, 11) is 0.216. The molecule has 2 fully saturated rings. The van der Waals surface area contributed by atoms with Gasteiger partial charge in [0.15, 0.2) is 0 Å². The maximum atomic E-state index is 6.52. The molecule has 0 radical (unpaired) electrons. The smallest absolute Gasteiger partial charge is 0.497 e. The molecule has 0 amide bonds. The lowest BCUT2D eigenvalue weighted by Gasteiger charge is -2.40. The number of anilines is 2. The highest BCUT2D eigenvalue weighted by atomic mass is 16.7. The molecule has 4 rings (SSSR count). The van der Waals surface area contributed by atoms with E-state index in [0.717, 1.165) is 17.1 Å². The van der Waals surface area contributed by atoms with E-state index in [1.54, 1.807) is 7.11 Å². The zero-order valence-corrected chi connectivity index (χ0v) is 21.8. The average Bonchev–Trinajstić information content (AvgIpc) is 3.11. The van der Waals surface area contributed by atoms with Crippen LogP contribution < -0.4 is 14.6 Å². The molecule has 0 saturated carbocycles. The fourth-order valence-corrected chi connectivity index (χ4v) is 3.83. The lowest BCUT2D eigenvalue weighted by atomic mass is 9.90. The molecule has 0 bridgehead atoms. The van der Waals surface area contributed by atoms with Gasteiger partial charge < -0.3 is 23.4 Å². The number of methoxy groups -OCH3 is 1. The molecule has 0 spiro atoms. The molecule has 0 atom stereocenters. The van der Waals surface area contributed by atoms with Gasteiger partial charge in [0.05, 0.1) is 29.5 Å². The number of hydrogen-bond donors (Lipinski definition) is 0. The summed E-state index contributed by atoms with van der Waals surface area (Å²) in [6.45, 7) is 16.3. The largest absolute Gasteiger partial charge is 0.613 e. The van der Waals surface area contributed by atoms with E-state index in [4.69, 9.17) is 23.4 Å². The predicted molar refractivity (Wildman–Crippen MR) is 137 cm³/mol. The topological polar surface area (TPSA) is 52.6 Å². The van der Waals surface area contributed by atoms with Crippen molar-refractivity contribution in [2.45, 2.75) is 77.8 Å². The van der Waals surface area contributed by atoms with Crippen molar-refractivity contribution >= 4 is 25.9 Å². The van der Waals surface area contributed by atoms with Crippen molar-refractivity contribution in [1.82, 2.24) is 0 Å².